The molecule has 0 radical (unpaired) electrons. The van der Waals surface area contributed by atoms with Crippen molar-refractivity contribution in [1.82, 2.24) is 29.9 Å². The van der Waals surface area contributed by atoms with Gasteiger partial charge in [-0.25, -0.2) is 9.97 Å². The zero-order valence-corrected chi connectivity index (χ0v) is 16.3. The molecule has 8 heteroatoms. The predicted octanol–water partition coefficient (Wildman–Crippen LogP) is 5.09. The van der Waals surface area contributed by atoms with Crippen LogP contribution in [0, 0.1) is 0 Å². The van der Waals surface area contributed by atoms with Gasteiger partial charge in [-0.2, -0.15) is 0 Å². The van der Waals surface area contributed by atoms with E-state index >= 15 is 0 Å². The zero-order chi connectivity index (χ0) is 17.7. The van der Waals surface area contributed by atoms with E-state index in [1.54, 1.807) is 12.4 Å². The average Bonchev–Trinajstić information content (AvgIpc) is 3.23. The maximum Gasteiger partial charge on any atom is 0.157 e. The molecule has 5 aromatic rings. The van der Waals surface area contributed by atoms with Crippen LogP contribution in [0.15, 0.2) is 57.7 Å². The van der Waals surface area contributed by atoms with E-state index in [9.17, 15) is 0 Å². The Labute approximate surface area is 164 Å². The number of H-pyrrole nitrogens is 2. The molecule has 0 spiro atoms. The molecule has 0 aliphatic carbocycles. The summed E-state index contributed by atoms with van der Waals surface area (Å²) in [6, 6.07) is 11.7. The number of rotatable bonds is 2. The van der Waals surface area contributed by atoms with Crippen molar-refractivity contribution in [1.29, 1.82) is 0 Å². The van der Waals surface area contributed by atoms with Crippen LogP contribution in [0.4, 0.5) is 0 Å². The lowest BCUT2D eigenvalue weighted by Crippen LogP contribution is -1.84. The van der Waals surface area contributed by atoms with Crippen LogP contribution in [0.3, 0.4) is 0 Å². The standard InChI is InChI=1S/C18H10Br2N6/c19-9-1-3-11(21-7-9)17-23-13-5-15-16(6-14(13)24-17)26-18(25-15)12-4-2-10(20)8-22-12/h1-8H,(H,23,24)(H,25,26). The highest BCUT2D eigenvalue weighted by Crippen LogP contribution is 2.26. The van der Waals surface area contributed by atoms with Gasteiger partial charge in [-0.1, -0.05) is 0 Å². The summed E-state index contributed by atoms with van der Waals surface area (Å²) >= 11 is 6.79. The third kappa shape index (κ3) is 2.71. The molecule has 0 saturated heterocycles. The number of aromatic amines is 2. The molecule has 1 aromatic carbocycles. The molecule has 0 bridgehead atoms. The summed E-state index contributed by atoms with van der Waals surface area (Å²) in [5.41, 5.74) is 5.13. The molecule has 0 aliphatic heterocycles. The number of pyridine rings is 2. The Balaban J connectivity index is 1.60. The van der Waals surface area contributed by atoms with Crippen LogP contribution < -0.4 is 0 Å². The minimum absolute atomic E-state index is 0.731. The molecule has 0 unspecified atom stereocenters. The second-order valence-corrected chi connectivity index (χ2v) is 7.61. The number of fused-ring (bicyclic) bond motifs is 2. The van der Waals surface area contributed by atoms with E-state index < -0.39 is 0 Å². The van der Waals surface area contributed by atoms with Gasteiger partial charge >= 0.3 is 0 Å². The molecule has 0 aliphatic rings. The third-order valence-electron chi connectivity index (χ3n) is 4.02. The van der Waals surface area contributed by atoms with Gasteiger partial charge in [0.05, 0.1) is 22.1 Å². The van der Waals surface area contributed by atoms with Gasteiger partial charge in [0.25, 0.3) is 0 Å². The first kappa shape index (κ1) is 15.7. The van der Waals surface area contributed by atoms with Crippen LogP contribution in [0.2, 0.25) is 0 Å². The molecular formula is C18H10Br2N6. The van der Waals surface area contributed by atoms with Crippen LogP contribution in [0.25, 0.3) is 45.1 Å². The van der Waals surface area contributed by atoms with Crippen molar-refractivity contribution in [3.63, 3.8) is 0 Å². The van der Waals surface area contributed by atoms with Crippen molar-refractivity contribution in [2.24, 2.45) is 0 Å². The van der Waals surface area contributed by atoms with Gasteiger partial charge in [0.2, 0.25) is 0 Å². The van der Waals surface area contributed by atoms with E-state index in [0.717, 1.165) is 54.0 Å². The van der Waals surface area contributed by atoms with Crippen molar-refractivity contribution in [3.05, 3.63) is 57.7 Å². The molecule has 0 saturated carbocycles. The second-order valence-electron chi connectivity index (χ2n) is 5.78. The SMILES string of the molecule is Brc1ccc(-c2nc3cc4nc(-c5ccc(Br)cn5)[nH]c4cc3[nH]2)nc1. The number of aromatic nitrogens is 6. The quantitative estimate of drug-likeness (QED) is 0.377. The molecule has 126 valence electrons. The normalized spacial score (nSPS) is 11.5. The highest BCUT2D eigenvalue weighted by molar-refractivity contribution is 9.10. The van der Waals surface area contributed by atoms with Crippen LogP contribution in [0.1, 0.15) is 0 Å². The number of benzene rings is 1. The summed E-state index contributed by atoms with van der Waals surface area (Å²) in [6.45, 7) is 0. The maximum atomic E-state index is 4.65. The molecule has 4 aromatic heterocycles. The van der Waals surface area contributed by atoms with Crippen molar-refractivity contribution in [3.8, 4) is 23.0 Å². The molecule has 0 amide bonds. The Bertz CT molecular complexity index is 1090. The molecule has 5 rings (SSSR count). The summed E-state index contributed by atoms with van der Waals surface area (Å²) in [5, 5.41) is 0. The van der Waals surface area contributed by atoms with E-state index in [4.69, 9.17) is 0 Å². The van der Waals surface area contributed by atoms with Crippen LogP contribution in [-0.4, -0.2) is 29.9 Å². The Morgan fingerprint density at radius 2 is 1.15 bits per heavy atom. The van der Waals surface area contributed by atoms with Gasteiger partial charge in [0, 0.05) is 21.3 Å². The Morgan fingerprint density at radius 3 is 1.58 bits per heavy atom. The highest BCUT2D eigenvalue weighted by Gasteiger charge is 2.11. The molecule has 2 N–H and O–H groups in total. The van der Waals surface area contributed by atoms with E-state index in [-0.39, 0.29) is 0 Å². The third-order valence-corrected chi connectivity index (χ3v) is 4.96. The number of nitrogens with zero attached hydrogens (tertiary/aromatic N) is 4. The predicted molar refractivity (Wildman–Crippen MR) is 108 cm³/mol. The number of nitrogens with one attached hydrogen (secondary N) is 2. The van der Waals surface area contributed by atoms with E-state index in [2.05, 4.69) is 61.8 Å². The largest absolute Gasteiger partial charge is 0.337 e. The highest BCUT2D eigenvalue weighted by atomic mass is 79.9. The van der Waals surface area contributed by atoms with Gasteiger partial charge in [-0.3, -0.25) is 9.97 Å². The smallest absolute Gasteiger partial charge is 0.157 e. The molecule has 0 atom stereocenters. The van der Waals surface area contributed by atoms with Gasteiger partial charge in [-0.15, -0.1) is 0 Å². The average molecular weight is 470 g/mol. The maximum absolute atomic E-state index is 4.65. The molecule has 0 fully saturated rings. The summed E-state index contributed by atoms with van der Waals surface area (Å²) in [6.07, 6.45) is 3.51. The number of imidazole rings is 2. The minimum Gasteiger partial charge on any atom is -0.337 e. The number of hydrogen-bond acceptors (Lipinski definition) is 4. The zero-order valence-electron chi connectivity index (χ0n) is 13.2. The van der Waals surface area contributed by atoms with Crippen LogP contribution in [0.5, 0.6) is 0 Å². The first-order chi connectivity index (χ1) is 12.7. The molecular weight excluding hydrogens is 460 g/mol. The summed E-state index contributed by atoms with van der Waals surface area (Å²) < 4.78 is 1.87. The first-order valence-electron chi connectivity index (χ1n) is 7.79. The van der Waals surface area contributed by atoms with Crippen LogP contribution in [-0.2, 0) is 0 Å². The van der Waals surface area contributed by atoms with Crippen molar-refractivity contribution in [2.45, 2.75) is 0 Å². The van der Waals surface area contributed by atoms with Gasteiger partial charge in [0.1, 0.15) is 11.4 Å². The first-order valence-corrected chi connectivity index (χ1v) is 9.38. The molecule has 6 nitrogen and oxygen atoms in total. The fraction of sp³-hybridized carbons (Fsp3) is 0. The van der Waals surface area contributed by atoms with Crippen molar-refractivity contribution in [2.75, 3.05) is 0 Å². The van der Waals surface area contributed by atoms with E-state index in [1.165, 1.54) is 0 Å². The number of halogens is 2. The van der Waals surface area contributed by atoms with E-state index in [1.807, 2.05) is 36.4 Å². The molecule has 4 heterocycles. The summed E-state index contributed by atoms with van der Waals surface area (Å²) in [5.74, 6) is 1.46. The number of hydrogen-bond donors (Lipinski definition) is 2. The lowest BCUT2D eigenvalue weighted by Gasteiger charge is -1.95. The van der Waals surface area contributed by atoms with E-state index in [0.29, 0.717) is 0 Å². The fourth-order valence-electron chi connectivity index (χ4n) is 2.79. The van der Waals surface area contributed by atoms with Gasteiger partial charge in [-0.05, 0) is 68.3 Å². The Morgan fingerprint density at radius 1 is 0.654 bits per heavy atom. The summed E-state index contributed by atoms with van der Waals surface area (Å²) in [4.78, 5) is 24.7. The minimum atomic E-state index is 0.731. The monoisotopic (exact) mass is 468 g/mol. The Kier molecular flexibility index (Phi) is 3.61. The lowest BCUT2D eigenvalue weighted by atomic mass is 10.3. The summed E-state index contributed by atoms with van der Waals surface area (Å²) in [7, 11) is 0. The van der Waals surface area contributed by atoms with Gasteiger partial charge < -0.3 is 9.97 Å². The fourth-order valence-corrected chi connectivity index (χ4v) is 3.26. The van der Waals surface area contributed by atoms with Crippen molar-refractivity contribution >= 4 is 53.9 Å². The van der Waals surface area contributed by atoms with Crippen LogP contribution >= 0.6 is 31.9 Å². The lowest BCUT2D eigenvalue weighted by molar-refractivity contribution is 1.22. The molecule has 26 heavy (non-hydrogen) atoms. The Hall–Kier alpha value is -2.58. The topological polar surface area (TPSA) is 83.1 Å². The van der Waals surface area contributed by atoms with Gasteiger partial charge in [0.15, 0.2) is 11.6 Å². The second kappa shape index (κ2) is 6.00. The van der Waals surface area contributed by atoms with Crippen molar-refractivity contribution < 1.29 is 0 Å².